The van der Waals surface area contributed by atoms with Crippen molar-refractivity contribution in [3.63, 3.8) is 0 Å². The first-order valence-electron chi connectivity index (χ1n) is 9.71. The molecular formula is C22H23FN4O2S2. The van der Waals surface area contributed by atoms with Crippen LogP contribution in [-0.4, -0.2) is 28.1 Å². The largest absolute Gasteiger partial charge is 0.340 e. The van der Waals surface area contributed by atoms with E-state index in [0.717, 1.165) is 11.1 Å². The minimum atomic E-state index is -0.716. The molecule has 0 saturated carbocycles. The van der Waals surface area contributed by atoms with Gasteiger partial charge in [0, 0.05) is 11.3 Å². The zero-order chi connectivity index (χ0) is 22.4. The summed E-state index contributed by atoms with van der Waals surface area (Å²) in [6.07, 6.45) is 0. The van der Waals surface area contributed by atoms with Crippen LogP contribution in [0.3, 0.4) is 0 Å². The number of halogens is 1. The average molecular weight is 459 g/mol. The summed E-state index contributed by atoms with van der Waals surface area (Å²) in [7, 11) is 0. The molecule has 1 aromatic heterocycles. The standard InChI is InChI=1S/C22H23FN4O2S2/c1-13(2)18(24-19(28)16-6-4-5-14(3)11-16)20(29)25-21-26-27-22(31-21)30-12-15-7-9-17(23)10-8-15/h4-11,13,18H,12H2,1-3H3,(H,24,28)(H,25,26,29)/t18-/m1/s1. The third kappa shape index (κ3) is 6.60. The van der Waals surface area contributed by atoms with Crippen LogP contribution >= 0.6 is 23.1 Å². The van der Waals surface area contributed by atoms with Crippen molar-refractivity contribution in [3.8, 4) is 0 Å². The normalized spacial score (nSPS) is 11.9. The number of nitrogens with one attached hydrogen (secondary N) is 2. The number of carbonyl (C=O) groups is 2. The number of aryl methyl sites for hydroxylation is 1. The summed E-state index contributed by atoms with van der Waals surface area (Å²) in [6, 6.07) is 12.8. The molecule has 3 aromatic rings. The van der Waals surface area contributed by atoms with Gasteiger partial charge in [0.1, 0.15) is 11.9 Å². The van der Waals surface area contributed by atoms with E-state index >= 15 is 0 Å². The Morgan fingerprint density at radius 2 is 1.87 bits per heavy atom. The molecule has 0 aliphatic heterocycles. The van der Waals surface area contributed by atoms with Crippen LogP contribution in [0, 0.1) is 18.7 Å². The molecule has 9 heteroatoms. The van der Waals surface area contributed by atoms with Gasteiger partial charge in [-0.05, 0) is 42.7 Å². The van der Waals surface area contributed by atoms with Crippen LogP contribution in [0.15, 0.2) is 52.9 Å². The summed E-state index contributed by atoms with van der Waals surface area (Å²) in [5.41, 5.74) is 2.44. The fourth-order valence-electron chi connectivity index (χ4n) is 2.77. The SMILES string of the molecule is Cc1cccc(C(=O)N[C@@H](C(=O)Nc2nnc(SCc3ccc(F)cc3)s2)C(C)C)c1. The van der Waals surface area contributed by atoms with Gasteiger partial charge < -0.3 is 5.32 Å². The second-order valence-corrected chi connectivity index (χ2v) is 9.54. The second kappa shape index (κ2) is 10.5. The first kappa shape index (κ1) is 22.9. The molecular weight excluding hydrogens is 435 g/mol. The molecule has 1 heterocycles. The Hall–Kier alpha value is -2.78. The number of hydrogen-bond acceptors (Lipinski definition) is 6. The van der Waals surface area contributed by atoms with E-state index in [0.29, 0.717) is 20.8 Å². The fraction of sp³-hybridized carbons (Fsp3) is 0.273. The quantitative estimate of drug-likeness (QED) is 0.379. The van der Waals surface area contributed by atoms with Crippen molar-refractivity contribution in [2.75, 3.05) is 5.32 Å². The number of rotatable bonds is 8. The second-order valence-electron chi connectivity index (χ2n) is 7.34. The van der Waals surface area contributed by atoms with Gasteiger partial charge >= 0.3 is 0 Å². The number of aromatic nitrogens is 2. The Bertz CT molecular complexity index is 1050. The van der Waals surface area contributed by atoms with Crippen molar-refractivity contribution < 1.29 is 14.0 Å². The Balaban J connectivity index is 1.59. The molecule has 6 nitrogen and oxygen atoms in total. The van der Waals surface area contributed by atoms with Crippen LogP contribution in [0.2, 0.25) is 0 Å². The molecule has 31 heavy (non-hydrogen) atoms. The first-order valence-corrected chi connectivity index (χ1v) is 11.5. The summed E-state index contributed by atoms with van der Waals surface area (Å²) in [6.45, 7) is 5.64. The third-order valence-corrected chi connectivity index (χ3v) is 6.47. The molecule has 2 aromatic carbocycles. The summed E-state index contributed by atoms with van der Waals surface area (Å²) in [4.78, 5) is 25.3. The molecule has 2 N–H and O–H groups in total. The summed E-state index contributed by atoms with van der Waals surface area (Å²) >= 11 is 2.70. The highest BCUT2D eigenvalue weighted by Crippen LogP contribution is 2.28. The smallest absolute Gasteiger partial charge is 0.251 e. The molecule has 0 unspecified atom stereocenters. The number of nitrogens with zero attached hydrogens (tertiary/aromatic N) is 2. The molecule has 0 spiro atoms. The van der Waals surface area contributed by atoms with E-state index in [1.807, 2.05) is 26.8 Å². The van der Waals surface area contributed by atoms with Crippen molar-refractivity contribution in [1.29, 1.82) is 0 Å². The summed E-state index contributed by atoms with van der Waals surface area (Å²) in [5, 5.41) is 14.0. The van der Waals surface area contributed by atoms with Crippen LogP contribution in [0.4, 0.5) is 9.52 Å². The molecule has 0 aliphatic carbocycles. The Morgan fingerprint density at radius 3 is 2.55 bits per heavy atom. The van der Waals surface area contributed by atoms with Gasteiger partial charge in [-0.2, -0.15) is 0 Å². The third-order valence-electron chi connectivity index (χ3n) is 4.43. The molecule has 0 bridgehead atoms. The van der Waals surface area contributed by atoms with E-state index in [2.05, 4.69) is 20.8 Å². The number of benzene rings is 2. The maximum Gasteiger partial charge on any atom is 0.251 e. The van der Waals surface area contributed by atoms with E-state index in [1.54, 1.807) is 30.3 Å². The molecule has 3 rings (SSSR count). The van der Waals surface area contributed by atoms with E-state index in [-0.39, 0.29) is 23.5 Å². The predicted molar refractivity (Wildman–Crippen MR) is 122 cm³/mol. The molecule has 0 radical (unpaired) electrons. The Morgan fingerprint density at radius 1 is 1.13 bits per heavy atom. The Labute approximate surface area is 188 Å². The van der Waals surface area contributed by atoms with Crippen molar-refractivity contribution in [1.82, 2.24) is 15.5 Å². The van der Waals surface area contributed by atoms with Crippen molar-refractivity contribution >= 4 is 40.0 Å². The minimum Gasteiger partial charge on any atom is -0.340 e. The van der Waals surface area contributed by atoms with Crippen molar-refractivity contribution in [2.45, 2.75) is 36.9 Å². The van der Waals surface area contributed by atoms with Crippen LogP contribution in [0.1, 0.15) is 35.3 Å². The zero-order valence-corrected chi connectivity index (χ0v) is 19.0. The highest BCUT2D eigenvalue weighted by Gasteiger charge is 2.25. The van der Waals surface area contributed by atoms with E-state index in [9.17, 15) is 14.0 Å². The van der Waals surface area contributed by atoms with Gasteiger partial charge in [0.25, 0.3) is 5.91 Å². The van der Waals surface area contributed by atoms with Crippen molar-refractivity contribution in [2.24, 2.45) is 5.92 Å². The molecule has 2 amide bonds. The number of hydrogen-bond donors (Lipinski definition) is 2. The topological polar surface area (TPSA) is 84.0 Å². The lowest BCUT2D eigenvalue weighted by molar-refractivity contribution is -0.118. The van der Waals surface area contributed by atoms with Crippen LogP contribution in [0.25, 0.3) is 0 Å². The van der Waals surface area contributed by atoms with Gasteiger partial charge in [0.2, 0.25) is 11.0 Å². The lowest BCUT2D eigenvalue weighted by Crippen LogP contribution is -2.47. The summed E-state index contributed by atoms with van der Waals surface area (Å²) < 4.78 is 13.7. The van der Waals surface area contributed by atoms with Crippen LogP contribution in [0.5, 0.6) is 0 Å². The highest BCUT2D eigenvalue weighted by molar-refractivity contribution is 8.00. The number of amides is 2. The monoisotopic (exact) mass is 458 g/mol. The van der Waals surface area contributed by atoms with Gasteiger partial charge in [-0.15, -0.1) is 10.2 Å². The van der Waals surface area contributed by atoms with Crippen molar-refractivity contribution in [3.05, 3.63) is 71.0 Å². The van der Waals surface area contributed by atoms with E-state index < -0.39 is 6.04 Å². The highest BCUT2D eigenvalue weighted by atomic mass is 32.2. The predicted octanol–water partition coefficient (Wildman–Crippen LogP) is 4.67. The Kier molecular flexibility index (Phi) is 7.75. The number of anilines is 1. The van der Waals surface area contributed by atoms with E-state index in [1.165, 1.54) is 35.2 Å². The lowest BCUT2D eigenvalue weighted by atomic mass is 10.0. The van der Waals surface area contributed by atoms with Gasteiger partial charge in [-0.1, -0.05) is 66.8 Å². The molecule has 0 saturated heterocycles. The lowest BCUT2D eigenvalue weighted by Gasteiger charge is -2.21. The van der Waals surface area contributed by atoms with Gasteiger partial charge in [0.05, 0.1) is 0 Å². The van der Waals surface area contributed by atoms with Gasteiger partial charge in [0.15, 0.2) is 4.34 Å². The fourth-order valence-corrected chi connectivity index (χ4v) is 4.48. The molecule has 0 aliphatic rings. The zero-order valence-electron chi connectivity index (χ0n) is 17.4. The van der Waals surface area contributed by atoms with Gasteiger partial charge in [-0.3, -0.25) is 14.9 Å². The average Bonchev–Trinajstić information content (AvgIpc) is 3.18. The maximum atomic E-state index is 13.0. The maximum absolute atomic E-state index is 13.0. The molecule has 0 fully saturated rings. The molecule has 162 valence electrons. The minimum absolute atomic E-state index is 0.117. The van der Waals surface area contributed by atoms with Gasteiger partial charge in [-0.25, -0.2) is 4.39 Å². The number of thioether (sulfide) groups is 1. The van der Waals surface area contributed by atoms with E-state index in [4.69, 9.17) is 0 Å². The first-order chi connectivity index (χ1) is 14.8. The van der Waals surface area contributed by atoms with Crippen LogP contribution < -0.4 is 10.6 Å². The summed E-state index contributed by atoms with van der Waals surface area (Å²) in [5.74, 6) is -0.422. The van der Waals surface area contributed by atoms with Crippen LogP contribution in [-0.2, 0) is 10.5 Å². The molecule has 1 atom stereocenters. The number of carbonyl (C=O) groups excluding carboxylic acids is 2.